The molecule has 4 heteroatoms. The largest absolute Gasteiger partial charge is 0.508 e. The van der Waals surface area contributed by atoms with Gasteiger partial charge in [-0.25, -0.2) is 0 Å². The van der Waals surface area contributed by atoms with Crippen molar-refractivity contribution in [1.29, 1.82) is 0 Å². The Balaban J connectivity index is 1.96. The monoisotopic (exact) mass is 240 g/mol. The van der Waals surface area contributed by atoms with Crippen LogP contribution in [0.25, 0.3) is 5.76 Å². The van der Waals surface area contributed by atoms with Crippen molar-refractivity contribution in [3.63, 3.8) is 0 Å². The molecule has 4 nitrogen and oxygen atoms in total. The van der Waals surface area contributed by atoms with E-state index < -0.39 is 0 Å². The number of hydrogen-bond donors (Lipinski definition) is 1. The molecular weight excluding hydrogens is 228 g/mol. The molecule has 90 valence electrons. The Bertz CT molecular complexity index is 548. The molecule has 2 aromatic rings. The van der Waals surface area contributed by atoms with E-state index in [0.29, 0.717) is 5.76 Å². The number of oxime groups is 1. The van der Waals surface area contributed by atoms with Crippen LogP contribution in [0.2, 0.25) is 0 Å². The van der Waals surface area contributed by atoms with E-state index in [4.69, 9.17) is 9.94 Å². The van der Waals surface area contributed by atoms with Gasteiger partial charge in [-0.1, -0.05) is 11.7 Å². The van der Waals surface area contributed by atoms with Crippen LogP contribution in [0.4, 0.5) is 0 Å². The second kappa shape index (κ2) is 5.63. The van der Waals surface area contributed by atoms with Crippen molar-refractivity contribution in [2.45, 2.75) is 0 Å². The molecule has 1 aromatic carbocycles. The number of hydrogen-bond acceptors (Lipinski definition) is 4. The summed E-state index contributed by atoms with van der Waals surface area (Å²) in [6, 6.07) is 10.2. The van der Waals surface area contributed by atoms with Gasteiger partial charge >= 0.3 is 0 Å². The maximum atomic E-state index is 9.12. The van der Waals surface area contributed by atoms with Crippen molar-refractivity contribution in [3.8, 4) is 5.75 Å². The summed E-state index contributed by atoms with van der Waals surface area (Å²) in [5, 5.41) is 12.9. The fourth-order valence-corrected chi connectivity index (χ4v) is 1.30. The molecule has 1 aromatic heterocycles. The summed E-state index contributed by atoms with van der Waals surface area (Å²) in [7, 11) is 0. The highest BCUT2D eigenvalue weighted by Gasteiger charge is 1.97. The summed E-state index contributed by atoms with van der Waals surface area (Å²) in [5.74, 6) is 0.668. The molecule has 0 aliphatic carbocycles. The number of pyridine rings is 1. The number of nitrogens with zero attached hydrogens (tertiary/aromatic N) is 2. The molecule has 0 aliphatic heterocycles. The summed E-state index contributed by atoms with van der Waals surface area (Å²) >= 11 is 0. The topological polar surface area (TPSA) is 54.7 Å². The number of phenolic OH excluding ortho intramolecular Hbond substituents is 1. The average molecular weight is 240 g/mol. The third kappa shape index (κ3) is 3.18. The summed E-state index contributed by atoms with van der Waals surface area (Å²) in [5.41, 5.74) is 1.66. The summed E-state index contributed by atoms with van der Waals surface area (Å²) in [6.07, 6.45) is 4.87. The van der Waals surface area contributed by atoms with E-state index in [2.05, 4.69) is 16.7 Å². The van der Waals surface area contributed by atoms with Crippen LogP contribution in [0.5, 0.6) is 5.75 Å². The lowest BCUT2D eigenvalue weighted by molar-refractivity contribution is 0.301. The van der Waals surface area contributed by atoms with Crippen LogP contribution in [-0.2, 0) is 4.84 Å². The number of rotatable bonds is 4. The molecule has 0 saturated heterocycles. The molecule has 0 radical (unpaired) electrons. The van der Waals surface area contributed by atoms with E-state index >= 15 is 0 Å². The maximum Gasteiger partial charge on any atom is 0.158 e. The molecule has 0 atom stereocenters. The molecule has 0 fully saturated rings. The molecule has 0 amide bonds. The van der Waals surface area contributed by atoms with E-state index in [1.165, 1.54) is 0 Å². The molecule has 2 rings (SSSR count). The van der Waals surface area contributed by atoms with E-state index in [1.807, 2.05) is 0 Å². The molecule has 1 heterocycles. The number of aromatic hydroxyl groups is 1. The smallest absolute Gasteiger partial charge is 0.158 e. The minimum absolute atomic E-state index is 0.217. The predicted molar refractivity (Wildman–Crippen MR) is 70.1 cm³/mol. The Morgan fingerprint density at radius 2 is 1.83 bits per heavy atom. The average Bonchev–Trinajstić information content (AvgIpc) is 2.42. The molecule has 0 spiro atoms. The zero-order valence-electron chi connectivity index (χ0n) is 9.65. The van der Waals surface area contributed by atoms with Gasteiger partial charge in [0.05, 0.1) is 6.21 Å². The van der Waals surface area contributed by atoms with Crippen molar-refractivity contribution in [2.24, 2.45) is 5.16 Å². The van der Waals surface area contributed by atoms with Crippen LogP contribution < -0.4 is 0 Å². The van der Waals surface area contributed by atoms with Crippen molar-refractivity contribution in [3.05, 3.63) is 66.5 Å². The first-order valence-electron chi connectivity index (χ1n) is 5.34. The second-order valence-corrected chi connectivity index (χ2v) is 3.58. The van der Waals surface area contributed by atoms with Gasteiger partial charge in [-0.3, -0.25) is 4.98 Å². The first kappa shape index (κ1) is 11.9. The number of aromatic nitrogens is 1. The molecular formula is C14H12N2O2. The third-order valence-electron chi connectivity index (χ3n) is 2.26. The fourth-order valence-electron chi connectivity index (χ4n) is 1.30. The highest BCUT2D eigenvalue weighted by molar-refractivity contribution is 5.79. The van der Waals surface area contributed by atoms with Crippen molar-refractivity contribution in [1.82, 2.24) is 4.98 Å². The van der Waals surface area contributed by atoms with Crippen LogP contribution in [0.1, 0.15) is 11.1 Å². The van der Waals surface area contributed by atoms with Crippen molar-refractivity contribution >= 4 is 12.0 Å². The van der Waals surface area contributed by atoms with Gasteiger partial charge in [-0.05, 0) is 42.0 Å². The summed E-state index contributed by atoms with van der Waals surface area (Å²) in [6.45, 7) is 3.77. The molecule has 0 saturated carbocycles. The Morgan fingerprint density at radius 1 is 1.17 bits per heavy atom. The minimum Gasteiger partial charge on any atom is -0.508 e. The Morgan fingerprint density at radius 3 is 2.50 bits per heavy atom. The Hall–Kier alpha value is -2.62. The number of phenols is 1. The van der Waals surface area contributed by atoms with Gasteiger partial charge in [-0.15, -0.1) is 0 Å². The van der Waals surface area contributed by atoms with Crippen LogP contribution >= 0.6 is 0 Å². The molecule has 18 heavy (non-hydrogen) atoms. The third-order valence-corrected chi connectivity index (χ3v) is 2.26. The highest BCUT2D eigenvalue weighted by atomic mass is 16.6. The van der Waals surface area contributed by atoms with E-state index in [1.54, 1.807) is 55.0 Å². The zero-order valence-corrected chi connectivity index (χ0v) is 9.65. The SMILES string of the molecule is C=C(O/N=C/c1ccc(O)cc1)c1ccncc1. The van der Waals surface area contributed by atoms with Gasteiger partial charge in [0.2, 0.25) is 0 Å². The van der Waals surface area contributed by atoms with Gasteiger partial charge in [-0.2, -0.15) is 0 Å². The summed E-state index contributed by atoms with van der Waals surface area (Å²) < 4.78 is 0. The highest BCUT2D eigenvalue weighted by Crippen LogP contribution is 2.12. The lowest BCUT2D eigenvalue weighted by Crippen LogP contribution is -1.86. The zero-order chi connectivity index (χ0) is 12.8. The Labute approximate surface area is 105 Å². The molecule has 0 bridgehead atoms. The van der Waals surface area contributed by atoms with E-state index in [0.717, 1.165) is 11.1 Å². The first-order chi connectivity index (χ1) is 8.75. The van der Waals surface area contributed by atoms with Crippen LogP contribution in [0, 0.1) is 0 Å². The van der Waals surface area contributed by atoms with Gasteiger partial charge in [0.15, 0.2) is 5.76 Å². The van der Waals surface area contributed by atoms with Crippen molar-refractivity contribution in [2.75, 3.05) is 0 Å². The summed E-state index contributed by atoms with van der Waals surface area (Å²) in [4.78, 5) is 9.05. The van der Waals surface area contributed by atoms with E-state index in [-0.39, 0.29) is 5.75 Å². The van der Waals surface area contributed by atoms with Crippen LogP contribution in [0.15, 0.2) is 60.5 Å². The second-order valence-electron chi connectivity index (χ2n) is 3.58. The van der Waals surface area contributed by atoms with Crippen molar-refractivity contribution < 1.29 is 9.94 Å². The van der Waals surface area contributed by atoms with E-state index in [9.17, 15) is 0 Å². The maximum absolute atomic E-state index is 9.12. The fraction of sp³-hybridized carbons (Fsp3) is 0. The van der Waals surface area contributed by atoms with Gasteiger partial charge in [0, 0.05) is 18.0 Å². The standard InChI is InChI=1S/C14H12N2O2/c1-11(13-6-8-15-9-7-13)18-16-10-12-2-4-14(17)5-3-12/h2-10,17H,1H2/b16-10+. The quantitative estimate of drug-likeness (QED) is 0.508. The predicted octanol–water partition coefficient (Wildman–Crippen LogP) is 2.81. The lowest BCUT2D eigenvalue weighted by Gasteiger charge is -2.01. The van der Waals surface area contributed by atoms with Gasteiger partial charge in [0.25, 0.3) is 0 Å². The van der Waals surface area contributed by atoms with Crippen LogP contribution in [0.3, 0.4) is 0 Å². The Kier molecular flexibility index (Phi) is 3.71. The number of benzene rings is 1. The first-order valence-corrected chi connectivity index (χ1v) is 5.34. The molecule has 1 N–H and O–H groups in total. The molecule has 0 aliphatic rings. The van der Waals surface area contributed by atoms with Gasteiger partial charge in [0.1, 0.15) is 5.75 Å². The minimum atomic E-state index is 0.217. The lowest BCUT2D eigenvalue weighted by atomic mass is 10.2. The normalized spacial score (nSPS) is 10.4. The van der Waals surface area contributed by atoms with Gasteiger partial charge < -0.3 is 9.94 Å². The molecule has 0 unspecified atom stereocenters. The van der Waals surface area contributed by atoms with Crippen LogP contribution in [-0.4, -0.2) is 16.3 Å².